The van der Waals surface area contributed by atoms with Gasteiger partial charge in [-0.2, -0.15) is 0 Å². The fourth-order valence-electron chi connectivity index (χ4n) is 5.97. The van der Waals surface area contributed by atoms with Crippen LogP contribution in [0.1, 0.15) is 49.9 Å². The van der Waals surface area contributed by atoms with Crippen LogP contribution in [0.4, 0.5) is 26.4 Å². The van der Waals surface area contributed by atoms with Gasteiger partial charge in [0, 0.05) is 48.2 Å². The number of aromatic nitrogens is 1. The van der Waals surface area contributed by atoms with Gasteiger partial charge in [-0.1, -0.05) is 0 Å². The van der Waals surface area contributed by atoms with E-state index in [0.717, 1.165) is 16.4 Å². The van der Waals surface area contributed by atoms with Crippen LogP contribution in [0.15, 0.2) is 65.7 Å². The number of fused-ring (bicyclic) bond motifs is 1. The summed E-state index contributed by atoms with van der Waals surface area (Å²) in [5, 5.41) is 13.5. The molecule has 0 spiro atoms. The monoisotopic (exact) mass is 679 g/mol. The molecule has 1 fully saturated rings. The van der Waals surface area contributed by atoms with E-state index in [9.17, 15) is 23.1 Å². The van der Waals surface area contributed by atoms with E-state index >= 15 is 4.39 Å². The minimum absolute atomic E-state index is 0.00673. The Labute approximate surface area is 278 Å². The molecule has 48 heavy (non-hydrogen) atoms. The Hall–Kier alpha value is -5.11. The number of carbonyl (C=O) groups excluding carboxylic acids is 1. The van der Waals surface area contributed by atoms with Gasteiger partial charge >= 0.3 is 6.09 Å². The van der Waals surface area contributed by atoms with Crippen LogP contribution in [0.3, 0.4) is 0 Å². The number of ether oxygens (including phenoxy) is 2. The molecule has 254 valence electrons. The molecule has 0 saturated carbocycles. The largest absolute Gasteiger partial charge is 0.493 e. The van der Waals surface area contributed by atoms with Gasteiger partial charge in [0.25, 0.3) is 0 Å². The maximum atomic E-state index is 15.9. The molecule has 0 unspecified atom stereocenters. The lowest BCUT2D eigenvalue weighted by Crippen LogP contribution is -2.38. The van der Waals surface area contributed by atoms with E-state index in [0.29, 0.717) is 35.3 Å². The zero-order valence-corrected chi connectivity index (χ0v) is 28.0. The molecule has 0 bridgehead atoms. The number of nitrogens with zero attached hydrogens (tertiary/aromatic N) is 3. The highest BCUT2D eigenvalue weighted by Gasteiger charge is 2.39. The van der Waals surface area contributed by atoms with Crippen molar-refractivity contribution in [1.82, 2.24) is 9.88 Å². The van der Waals surface area contributed by atoms with Gasteiger partial charge in [0.15, 0.2) is 21.3 Å². The smallest absolute Gasteiger partial charge is 0.411 e. The number of nitrogens with two attached hydrogens (primary N) is 1. The first-order valence-corrected chi connectivity index (χ1v) is 16.8. The van der Waals surface area contributed by atoms with Crippen molar-refractivity contribution in [3.05, 3.63) is 77.7 Å². The molecule has 2 atom stereocenters. The van der Waals surface area contributed by atoms with Gasteiger partial charge in [0.05, 0.1) is 30.4 Å². The van der Waals surface area contributed by atoms with Crippen molar-refractivity contribution < 1.29 is 37.0 Å². The Morgan fingerprint density at radius 1 is 1.08 bits per heavy atom. The summed E-state index contributed by atoms with van der Waals surface area (Å²) < 4.78 is 53.8. The van der Waals surface area contributed by atoms with Gasteiger partial charge in [-0.15, -0.1) is 0 Å². The fourth-order valence-corrected chi connectivity index (χ4v) is 7.26. The third-order valence-corrected chi connectivity index (χ3v) is 10.9. The number of pyridine rings is 1. The van der Waals surface area contributed by atoms with E-state index in [2.05, 4.69) is 10.3 Å². The Morgan fingerprint density at radius 3 is 2.46 bits per heavy atom. The molecule has 5 rings (SSSR count). The summed E-state index contributed by atoms with van der Waals surface area (Å²) in [5.41, 5.74) is 7.04. The predicted molar refractivity (Wildman–Crippen MR) is 181 cm³/mol. The molecule has 1 saturated heterocycles. The van der Waals surface area contributed by atoms with E-state index in [1.165, 1.54) is 50.4 Å². The second-order valence-corrected chi connectivity index (χ2v) is 14.3. The van der Waals surface area contributed by atoms with Gasteiger partial charge in [0.2, 0.25) is 5.91 Å². The van der Waals surface area contributed by atoms with E-state index in [-0.39, 0.29) is 34.2 Å². The van der Waals surface area contributed by atoms with Crippen LogP contribution >= 0.6 is 0 Å². The highest BCUT2D eigenvalue weighted by molar-refractivity contribution is 7.92. The number of sulfone groups is 1. The summed E-state index contributed by atoms with van der Waals surface area (Å²) in [7, 11) is 0.278. The maximum absolute atomic E-state index is 15.9. The number of amides is 2. The SMILES string of the molecule is COc1cc(F)c([C@@H](Nc2ccc3c(N)nccc3c2)C(=O)N2CCC[C@@H]2c2cc(N(C)C(=O)O)ccc2S(=O)(=O)C(C)C)cc1OC. The van der Waals surface area contributed by atoms with Crippen LogP contribution < -0.4 is 25.4 Å². The highest BCUT2D eigenvalue weighted by Crippen LogP contribution is 2.42. The number of methoxy groups -OCH3 is 2. The van der Waals surface area contributed by atoms with Crippen molar-refractivity contribution in [2.45, 2.75) is 48.9 Å². The number of likely N-dealkylation sites (tertiary alicyclic amines) is 1. The van der Waals surface area contributed by atoms with Crippen LogP contribution in [0.2, 0.25) is 0 Å². The first-order valence-electron chi connectivity index (χ1n) is 15.3. The van der Waals surface area contributed by atoms with Gasteiger partial charge in [0.1, 0.15) is 17.7 Å². The maximum Gasteiger partial charge on any atom is 0.411 e. The summed E-state index contributed by atoms with van der Waals surface area (Å²) >= 11 is 0. The van der Waals surface area contributed by atoms with E-state index < -0.39 is 45.0 Å². The Morgan fingerprint density at radius 2 is 1.79 bits per heavy atom. The number of hydrogen-bond donors (Lipinski definition) is 3. The first-order chi connectivity index (χ1) is 22.8. The molecule has 2 heterocycles. The van der Waals surface area contributed by atoms with Crippen molar-refractivity contribution in [3.63, 3.8) is 0 Å². The summed E-state index contributed by atoms with van der Waals surface area (Å²) in [5.74, 6) is -0.570. The third-order valence-electron chi connectivity index (χ3n) is 8.66. The first kappa shape index (κ1) is 34.2. The van der Waals surface area contributed by atoms with Crippen LogP contribution in [0.5, 0.6) is 11.5 Å². The Balaban J connectivity index is 1.65. The van der Waals surface area contributed by atoms with Crippen LogP contribution in [0, 0.1) is 5.82 Å². The van der Waals surface area contributed by atoms with Crippen molar-refractivity contribution in [3.8, 4) is 11.5 Å². The highest BCUT2D eigenvalue weighted by atomic mass is 32.2. The number of benzene rings is 3. The van der Waals surface area contributed by atoms with Gasteiger partial charge in [-0.25, -0.2) is 22.6 Å². The molecule has 0 radical (unpaired) electrons. The molecule has 0 aliphatic carbocycles. The van der Waals surface area contributed by atoms with Gasteiger partial charge < -0.3 is 30.5 Å². The standard InChI is InChI=1S/C34H38FN5O7S/c1-19(2)48(44,45)30-11-9-22(39(3)34(42)43)16-25(30)27-7-6-14-40(27)33(41)31(24-17-28(46-4)29(47-5)18-26(24)35)38-21-8-10-23-20(15-21)12-13-37-32(23)36/h8-13,15-19,27,31,38H,6-7,14H2,1-5H3,(H2,36,37)(H,42,43)/t27-,31-/m1/s1. The van der Waals surface area contributed by atoms with Gasteiger partial charge in [-0.3, -0.25) is 9.69 Å². The number of halogens is 1. The second kappa shape index (κ2) is 13.6. The van der Waals surface area contributed by atoms with E-state index in [1.807, 2.05) is 0 Å². The Bertz CT molecular complexity index is 1990. The average molecular weight is 680 g/mol. The van der Waals surface area contributed by atoms with E-state index in [1.54, 1.807) is 44.3 Å². The zero-order valence-electron chi connectivity index (χ0n) is 27.2. The van der Waals surface area contributed by atoms with Crippen molar-refractivity contribution in [2.24, 2.45) is 0 Å². The summed E-state index contributed by atoms with van der Waals surface area (Å²) in [6.45, 7) is 3.36. The molecular formula is C34H38FN5O7S. The predicted octanol–water partition coefficient (Wildman–Crippen LogP) is 5.79. The number of nitrogens with one attached hydrogen (secondary N) is 1. The molecule has 1 aromatic heterocycles. The lowest BCUT2D eigenvalue weighted by molar-refractivity contribution is -0.133. The molecular weight excluding hydrogens is 641 g/mol. The molecule has 4 aromatic rings. The number of nitrogen functional groups attached to an aromatic ring is 1. The van der Waals surface area contributed by atoms with Gasteiger partial charge in [-0.05, 0) is 86.2 Å². The molecule has 1 aliphatic heterocycles. The van der Waals surface area contributed by atoms with Crippen molar-refractivity contribution in [1.29, 1.82) is 0 Å². The molecule has 4 N–H and O–H groups in total. The van der Waals surface area contributed by atoms with Crippen molar-refractivity contribution in [2.75, 3.05) is 43.8 Å². The molecule has 3 aromatic carbocycles. The minimum Gasteiger partial charge on any atom is -0.493 e. The van der Waals surface area contributed by atoms with Crippen LogP contribution in [-0.4, -0.2) is 68.5 Å². The number of rotatable bonds is 10. The minimum atomic E-state index is -3.85. The van der Waals surface area contributed by atoms with Crippen LogP contribution in [0.25, 0.3) is 10.8 Å². The third kappa shape index (κ3) is 6.39. The Kier molecular flexibility index (Phi) is 9.66. The lowest BCUT2D eigenvalue weighted by atomic mass is 9.99. The number of hydrogen-bond acceptors (Lipinski definition) is 9. The summed E-state index contributed by atoms with van der Waals surface area (Å²) in [4.78, 5) is 33.2. The summed E-state index contributed by atoms with van der Waals surface area (Å²) in [6, 6.07) is 11.8. The molecule has 2 amide bonds. The molecule has 1 aliphatic rings. The fraction of sp³-hybridized carbons (Fsp3) is 0.324. The number of carboxylic acid groups (broad SMARTS) is 1. The second-order valence-electron chi connectivity index (χ2n) is 11.8. The molecule has 12 nitrogen and oxygen atoms in total. The number of carbonyl (C=O) groups is 2. The topological polar surface area (TPSA) is 164 Å². The zero-order chi connectivity index (χ0) is 34.9. The molecule has 14 heteroatoms. The van der Waals surface area contributed by atoms with Crippen molar-refractivity contribution >= 4 is 49.8 Å². The van der Waals surface area contributed by atoms with Crippen LogP contribution in [-0.2, 0) is 14.6 Å². The van der Waals surface area contributed by atoms with E-state index in [4.69, 9.17) is 15.2 Å². The average Bonchev–Trinajstić information content (AvgIpc) is 3.56. The normalized spacial score (nSPS) is 15.4. The lowest BCUT2D eigenvalue weighted by Gasteiger charge is -2.32. The number of anilines is 3. The summed E-state index contributed by atoms with van der Waals surface area (Å²) in [6.07, 6.45) is 1.25. The quantitative estimate of drug-likeness (QED) is 0.187.